The van der Waals surface area contributed by atoms with Crippen molar-refractivity contribution in [2.45, 2.75) is 19.4 Å². The van der Waals surface area contributed by atoms with E-state index in [4.69, 9.17) is 4.74 Å². The van der Waals surface area contributed by atoms with Gasteiger partial charge in [0, 0.05) is 19.0 Å². The minimum absolute atomic E-state index is 0.0469. The summed E-state index contributed by atoms with van der Waals surface area (Å²) in [7, 11) is 0. The summed E-state index contributed by atoms with van der Waals surface area (Å²) >= 11 is 0. The Bertz CT molecular complexity index is 428. The molecule has 0 saturated carbocycles. The molecule has 5 nitrogen and oxygen atoms in total. The summed E-state index contributed by atoms with van der Waals surface area (Å²) in [5, 5.41) is 15.6. The Morgan fingerprint density at radius 3 is 3.17 bits per heavy atom. The van der Waals surface area contributed by atoms with Crippen LogP contribution in [0.25, 0.3) is 0 Å². The van der Waals surface area contributed by atoms with Crippen LogP contribution in [0.1, 0.15) is 12.0 Å². The Labute approximate surface area is 106 Å². The summed E-state index contributed by atoms with van der Waals surface area (Å²) < 4.78 is 5.28. The first-order valence-corrected chi connectivity index (χ1v) is 6.06. The summed E-state index contributed by atoms with van der Waals surface area (Å²) in [5.74, 6) is -0.0410. The molecule has 2 rings (SSSR count). The summed E-state index contributed by atoms with van der Waals surface area (Å²) in [6.07, 6.45) is 0.341. The van der Waals surface area contributed by atoms with Gasteiger partial charge in [-0.25, -0.2) is 0 Å². The molecule has 0 aromatic heterocycles. The smallest absolute Gasteiger partial charge is 0.226 e. The quantitative estimate of drug-likeness (QED) is 0.700. The van der Waals surface area contributed by atoms with Crippen molar-refractivity contribution in [3.8, 4) is 5.75 Å². The molecular formula is C13H18N2O3. The molecule has 0 bridgehead atoms. The van der Waals surface area contributed by atoms with Crippen LogP contribution in [-0.2, 0) is 9.53 Å². The van der Waals surface area contributed by atoms with Crippen molar-refractivity contribution in [3.05, 3.63) is 23.8 Å². The van der Waals surface area contributed by atoms with Crippen LogP contribution in [-0.4, -0.2) is 36.8 Å². The molecule has 1 aliphatic rings. The van der Waals surface area contributed by atoms with E-state index in [2.05, 4.69) is 10.6 Å². The Morgan fingerprint density at radius 2 is 2.44 bits per heavy atom. The first-order valence-electron chi connectivity index (χ1n) is 6.06. The van der Waals surface area contributed by atoms with Crippen molar-refractivity contribution >= 4 is 11.6 Å². The Hall–Kier alpha value is -1.59. The van der Waals surface area contributed by atoms with Gasteiger partial charge in [0.25, 0.3) is 0 Å². The molecule has 1 heterocycles. The molecule has 1 unspecified atom stereocenters. The number of aryl methyl sites for hydroxylation is 1. The predicted octanol–water partition coefficient (Wildman–Crippen LogP) is 1.02. The van der Waals surface area contributed by atoms with Gasteiger partial charge < -0.3 is 20.5 Å². The SMILES string of the molecule is Cc1ccc(O)c(NC(=O)CC2COCCN2)c1. The van der Waals surface area contributed by atoms with Crippen molar-refractivity contribution in [1.29, 1.82) is 0 Å². The van der Waals surface area contributed by atoms with Gasteiger partial charge in [0.05, 0.1) is 18.9 Å². The second kappa shape index (κ2) is 5.84. The van der Waals surface area contributed by atoms with Crippen LogP contribution in [0.5, 0.6) is 5.75 Å². The van der Waals surface area contributed by atoms with Gasteiger partial charge in [-0.15, -0.1) is 0 Å². The van der Waals surface area contributed by atoms with Crippen molar-refractivity contribution in [2.24, 2.45) is 0 Å². The average molecular weight is 250 g/mol. The fraction of sp³-hybridized carbons (Fsp3) is 0.462. The minimum Gasteiger partial charge on any atom is -0.506 e. The van der Waals surface area contributed by atoms with Crippen LogP contribution >= 0.6 is 0 Å². The highest BCUT2D eigenvalue weighted by atomic mass is 16.5. The number of ether oxygens (including phenoxy) is 1. The van der Waals surface area contributed by atoms with Gasteiger partial charge >= 0.3 is 0 Å². The number of benzene rings is 1. The Kier molecular flexibility index (Phi) is 4.17. The predicted molar refractivity (Wildman–Crippen MR) is 68.7 cm³/mol. The number of nitrogens with one attached hydrogen (secondary N) is 2. The van der Waals surface area contributed by atoms with Crippen LogP contribution in [0.2, 0.25) is 0 Å². The van der Waals surface area contributed by atoms with Crippen LogP contribution < -0.4 is 10.6 Å². The van der Waals surface area contributed by atoms with Gasteiger partial charge in [0.2, 0.25) is 5.91 Å². The van der Waals surface area contributed by atoms with Crippen LogP contribution in [0.15, 0.2) is 18.2 Å². The first-order chi connectivity index (χ1) is 8.65. The molecule has 1 fully saturated rings. The van der Waals surface area contributed by atoms with Crippen LogP contribution in [0.3, 0.4) is 0 Å². The summed E-state index contributed by atoms with van der Waals surface area (Å²) in [6.45, 7) is 3.92. The number of carbonyl (C=O) groups is 1. The molecule has 1 saturated heterocycles. The van der Waals surface area contributed by atoms with Gasteiger partial charge in [-0.3, -0.25) is 4.79 Å². The zero-order chi connectivity index (χ0) is 13.0. The lowest BCUT2D eigenvalue weighted by molar-refractivity contribution is -0.117. The number of anilines is 1. The maximum absolute atomic E-state index is 11.8. The van der Waals surface area contributed by atoms with E-state index < -0.39 is 0 Å². The molecule has 1 aromatic rings. The number of rotatable bonds is 3. The number of amides is 1. The number of aromatic hydroxyl groups is 1. The molecule has 0 aliphatic carbocycles. The lowest BCUT2D eigenvalue weighted by Gasteiger charge is -2.23. The normalized spacial score (nSPS) is 19.5. The zero-order valence-corrected chi connectivity index (χ0v) is 10.4. The fourth-order valence-electron chi connectivity index (χ4n) is 1.93. The molecule has 98 valence electrons. The van der Waals surface area contributed by atoms with E-state index in [-0.39, 0.29) is 17.7 Å². The van der Waals surface area contributed by atoms with E-state index >= 15 is 0 Å². The molecule has 3 N–H and O–H groups in total. The third-order valence-electron chi connectivity index (χ3n) is 2.86. The second-order valence-electron chi connectivity index (χ2n) is 4.50. The molecule has 0 spiro atoms. The van der Waals surface area contributed by atoms with Gasteiger partial charge in [0.1, 0.15) is 5.75 Å². The highest BCUT2D eigenvalue weighted by Crippen LogP contribution is 2.24. The molecular weight excluding hydrogens is 232 g/mol. The lowest BCUT2D eigenvalue weighted by Crippen LogP contribution is -2.43. The second-order valence-corrected chi connectivity index (χ2v) is 4.50. The highest BCUT2D eigenvalue weighted by Gasteiger charge is 2.17. The number of morpholine rings is 1. The van der Waals surface area contributed by atoms with Crippen molar-refractivity contribution < 1.29 is 14.6 Å². The van der Waals surface area contributed by atoms with E-state index in [1.54, 1.807) is 18.2 Å². The molecule has 1 aliphatic heterocycles. The number of hydrogen-bond donors (Lipinski definition) is 3. The maximum atomic E-state index is 11.8. The van der Waals surface area contributed by atoms with E-state index in [0.29, 0.717) is 25.3 Å². The molecule has 0 radical (unpaired) electrons. The average Bonchev–Trinajstić information content (AvgIpc) is 2.35. The van der Waals surface area contributed by atoms with Gasteiger partial charge in [-0.1, -0.05) is 6.07 Å². The summed E-state index contributed by atoms with van der Waals surface area (Å²) in [6, 6.07) is 5.16. The topological polar surface area (TPSA) is 70.6 Å². The maximum Gasteiger partial charge on any atom is 0.226 e. The van der Waals surface area contributed by atoms with Crippen molar-refractivity contribution in [2.75, 3.05) is 25.1 Å². The molecule has 1 aromatic carbocycles. The third-order valence-corrected chi connectivity index (χ3v) is 2.86. The standard InChI is InChI=1S/C13H18N2O3/c1-9-2-3-12(16)11(6-9)15-13(17)7-10-8-18-5-4-14-10/h2-3,6,10,14,16H,4-5,7-8H2,1H3,(H,15,17). The van der Waals surface area contributed by atoms with Gasteiger partial charge in [0.15, 0.2) is 0 Å². The monoisotopic (exact) mass is 250 g/mol. The largest absolute Gasteiger partial charge is 0.506 e. The molecule has 1 atom stereocenters. The van der Waals surface area contributed by atoms with Gasteiger partial charge in [-0.05, 0) is 24.6 Å². The van der Waals surface area contributed by atoms with E-state index in [0.717, 1.165) is 12.1 Å². The Morgan fingerprint density at radius 1 is 1.61 bits per heavy atom. The van der Waals surface area contributed by atoms with E-state index in [9.17, 15) is 9.90 Å². The van der Waals surface area contributed by atoms with E-state index in [1.807, 2.05) is 6.92 Å². The summed E-state index contributed by atoms with van der Waals surface area (Å²) in [5.41, 5.74) is 1.44. The van der Waals surface area contributed by atoms with Crippen LogP contribution in [0, 0.1) is 6.92 Å². The number of carbonyl (C=O) groups excluding carboxylic acids is 1. The first kappa shape index (κ1) is 12.9. The minimum atomic E-state index is -0.126. The number of phenols is 1. The van der Waals surface area contributed by atoms with Crippen molar-refractivity contribution in [1.82, 2.24) is 5.32 Å². The molecule has 18 heavy (non-hydrogen) atoms. The number of phenolic OH excluding ortho intramolecular Hbond substituents is 1. The Balaban J connectivity index is 1.92. The summed E-state index contributed by atoms with van der Waals surface area (Å²) in [4.78, 5) is 11.8. The molecule has 5 heteroatoms. The number of hydrogen-bond acceptors (Lipinski definition) is 4. The van der Waals surface area contributed by atoms with E-state index in [1.165, 1.54) is 0 Å². The molecule has 1 amide bonds. The highest BCUT2D eigenvalue weighted by molar-refractivity contribution is 5.92. The van der Waals surface area contributed by atoms with Crippen LogP contribution in [0.4, 0.5) is 5.69 Å². The zero-order valence-electron chi connectivity index (χ0n) is 10.4. The fourth-order valence-corrected chi connectivity index (χ4v) is 1.93. The lowest BCUT2D eigenvalue weighted by atomic mass is 10.1. The third kappa shape index (κ3) is 3.45. The van der Waals surface area contributed by atoms with Gasteiger partial charge in [-0.2, -0.15) is 0 Å². The van der Waals surface area contributed by atoms with Crippen molar-refractivity contribution in [3.63, 3.8) is 0 Å².